The van der Waals surface area contributed by atoms with E-state index in [0.29, 0.717) is 12.0 Å². The van der Waals surface area contributed by atoms with Crippen LogP contribution in [0.1, 0.15) is 24.0 Å². The van der Waals surface area contributed by atoms with E-state index in [1.807, 2.05) is 13.1 Å². The number of carbonyl (C=O) groups excluding carboxylic acids is 1. The normalized spacial score (nSPS) is 10.7. The average molecular weight is 252 g/mol. The van der Waals surface area contributed by atoms with Crippen LogP contribution >= 0.6 is 0 Å². The molecule has 4 heteroatoms. The van der Waals surface area contributed by atoms with Gasteiger partial charge >= 0.3 is 0 Å². The van der Waals surface area contributed by atoms with Crippen LogP contribution in [-0.4, -0.2) is 31.4 Å². The van der Waals surface area contributed by atoms with E-state index < -0.39 is 0 Å². The number of halogens is 1. The third-order valence-electron chi connectivity index (χ3n) is 2.90. The molecule has 0 saturated heterocycles. The lowest BCUT2D eigenvalue weighted by Gasteiger charge is -2.16. The average Bonchev–Trinajstić information content (AvgIpc) is 2.33. The molecular weight excluding hydrogens is 231 g/mol. The third kappa shape index (κ3) is 4.84. The SMILES string of the molecule is CNC(=O)CCCN(C)Cc1ccc(F)c(C)c1. The van der Waals surface area contributed by atoms with Crippen molar-refractivity contribution in [3.05, 3.63) is 35.1 Å². The van der Waals surface area contributed by atoms with Crippen molar-refractivity contribution in [3.8, 4) is 0 Å². The van der Waals surface area contributed by atoms with Crippen LogP contribution in [0.25, 0.3) is 0 Å². The van der Waals surface area contributed by atoms with E-state index >= 15 is 0 Å². The van der Waals surface area contributed by atoms with Crippen molar-refractivity contribution >= 4 is 5.91 Å². The van der Waals surface area contributed by atoms with Crippen molar-refractivity contribution in [2.75, 3.05) is 20.6 Å². The Morgan fingerprint density at radius 1 is 1.44 bits per heavy atom. The fraction of sp³-hybridized carbons (Fsp3) is 0.500. The number of benzene rings is 1. The molecular formula is C14H21FN2O. The zero-order chi connectivity index (χ0) is 13.5. The van der Waals surface area contributed by atoms with Crippen LogP contribution in [0.15, 0.2) is 18.2 Å². The first-order chi connectivity index (χ1) is 8.52. The second kappa shape index (κ2) is 7.11. The van der Waals surface area contributed by atoms with Gasteiger partial charge in [-0.1, -0.05) is 12.1 Å². The van der Waals surface area contributed by atoms with Gasteiger partial charge in [0.1, 0.15) is 5.82 Å². The summed E-state index contributed by atoms with van der Waals surface area (Å²) in [6, 6.07) is 5.17. The lowest BCUT2D eigenvalue weighted by Crippen LogP contribution is -2.22. The summed E-state index contributed by atoms with van der Waals surface area (Å²) in [5.74, 6) is -0.0953. The van der Waals surface area contributed by atoms with E-state index in [2.05, 4.69) is 10.2 Å². The van der Waals surface area contributed by atoms with Crippen LogP contribution in [0.2, 0.25) is 0 Å². The van der Waals surface area contributed by atoms with Crippen molar-refractivity contribution in [3.63, 3.8) is 0 Å². The number of nitrogens with zero attached hydrogens (tertiary/aromatic N) is 1. The maximum Gasteiger partial charge on any atom is 0.219 e. The van der Waals surface area contributed by atoms with E-state index in [0.717, 1.165) is 25.1 Å². The summed E-state index contributed by atoms with van der Waals surface area (Å²) in [7, 11) is 3.65. The highest BCUT2D eigenvalue weighted by Gasteiger charge is 2.04. The maximum absolute atomic E-state index is 13.1. The minimum absolute atomic E-state index is 0.0704. The molecule has 18 heavy (non-hydrogen) atoms. The van der Waals surface area contributed by atoms with Gasteiger partial charge < -0.3 is 10.2 Å². The van der Waals surface area contributed by atoms with Crippen LogP contribution in [0.5, 0.6) is 0 Å². The summed E-state index contributed by atoms with van der Waals surface area (Å²) in [6.07, 6.45) is 1.37. The van der Waals surface area contributed by atoms with Gasteiger partial charge in [-0.3, -0.25) is 4.79 Å². The Hall–Kier alpha value is -1.42. The number of hydrogen-bond donors (Lipinski definition) is 1. The van der Waals surface area contributed by atoms with E-state index in [1.54, 1.807) is 20.0 Å². The molecule has 0 spiro atoms. The van der Waals surface area contributed by atoms with Gasteiger partial charge in [-0.05, 0) is 44.1 Å². The summed E-state index contributed by atoms with van der Waals surface area (Å²) < 4.78 is 13.1. The van der Waals surface area contributed by atoms with Crippen molar-refractivity contribution in [1.29, 1.82) is 0 Å². The van der Waals surface area contributed by atoms with E-state index in [4.69, 9.17) is 0 Å². The fourth-order valence-corrected chi connectivity index (χ4v) is 1.83. The van der Waals surface area contributed by atoms with Crippen LogP contribution < -0.4 is 5.32 Å². The van der Waals surface area contributed by atoms with E-state index in [-0.39, 0.29) is 11.7 Å². The number of hydrogen-bond acceptors (Lipinski definition) is 2. The first kappa shape index (κ1) is 14.6. The fourth-order valence-electron chi connectivity index (χ4n) is 1.83. The van der Waals surface area contributed by atoms with Gasteiger partial charge in [0.25, 0.3) is 0 Å². The van der Waals surface area contributed by atoms with Gasteiger partial charge in [-0.25, -0.2) is 4.39 Å². The summed E-state index contributed by atoms with van der Waals surface area (Å²) >= 11 is 0. The molecule has 0 unspecified atom stereocenters. The molecule has 1 aromatic rings. The molecule has 0 aliphatic rings. The molecule has 1 rings (SSSR count). The molecule has 1 aromatic carbocycles. The van der Waals surface area contributed by atoms with Gasteiger partial charge in [0, 0.05) is 20.0 Å². The van der Waals surface area contributed by atoms with Crippen LogP contribution in [-0.2, 0) is 11.3 Å². The Labute approximate surface area is 108 Å². The van der Waals surface area contributed by atoms with Gasteiger partial charge in [-0.2, -0.15) is 0 Å². The second-order valence-corrected chi connectivity index (χ2v) is 4.60. The number of carbonyl (C=O) groups is 1. The number of amides is 1. The third-order valence-corrected chi connectivity index (χ3v) is 2.90. The monoisotopic (exact) mass is 252 g/mol. The van der Waals surface area contributed by atoms with Crippen molar-refractivity contribution in [2.45, 2.75) is 26.3 Å². The Morgan fingerprint density at radius 2 is 2.17 bits per heavy atom. The van der Waals surface area contributed by atoms with Crippen molar-refractivity contribution < 1.29 is 9.18 Å². The van der Waals surface area contributed by atoms with Gasteiger partial charge in [0.2, 0.25) is 5.91 Å². The number of rotatable bonds is 6. The van der Waals surface area contributed by atoms with Crippen LogP contribution in [0, 0.1) is 12.7 Å². The van der Waals surface area contributed by atoms with Gasteiger partial charge in [0.05, 0.1) is 0 Å². The molecule has 0 saturated carbocycles. The molecule has 0 radical (unpaired) electrons. The first-order valence-corrected chi connectivity index (χ1v) is 6.17. The molecule has 0 aliphatic carbocycles. The predicted molar refractivity (Wildman–Crippen MR) is 70.8 cm³/mol. The predicted octanol–water partition coefficient (Wildman–Crippen LogP) is 2.09. The molecule has 0 atom stereocenters. The molecule has 0 aromatic heterocycles. The molecule has 100 valence electrons. The van der Waals surface area contributed by atoms with Crippen LogP contribution in [0.3, 0.4) is 0 Å². The lowest BCUT2D eigenvalue weighted by molar-refractivity contribution is -0.120. The minimum Gasteiger partial charge on any atom is -0.359 e. The topological polar surface area (TPSA) is 32.3 Å². The van der Waals surface area contributed by atoms with Crippen molar-refractivity contribution in [1.82, 2.24) is 10.2 Å². The Balaban J connectivity index is 2.37. The Morgan fingerprint density at radius 3 is 2.78 bits per heavy atom. The van der Waals surface area contributed by atoms with Gasteiger partial charge in [0.15, 0.2) is 0 Å². The maximum atomic E-state index is 13.1. The molecule has 1 amide bonds. The quantitative estimate of drug-likeness (QED) is 0.841. The molecule has 1 N–H and O–H groups in total. The Bertz CT molecular complexity index is 407. The first-order valence-electron chi connectivity index (χ1n) is 6.17. The Kier molecular flexibility index (Phi) is 5.78. The summed E-state index contributed by atoms with van der Waals surface area (Å²) in [5.41, 5.74) is 1.77. The standard InChI is InChI=1S/C14H21FN2O/c1-11-9-12(6-7-13(11)15)10-17(3)8-4-5-14(18)16-2/h6-7,9H,4-5,8,10H2,1-3H3,(H,16,18). The molecule has 0 fully saturated rings. The minimum atomic E-state index is -0.166. The van der Waals surface area contributed by atoms with E-state index in [1.165, 1.54) is 6.07 Å². The largest absolute Gasteiger partial charge is 0.359 e. The number of nitrogens with one attached hydrogen (secondary N) is 1. The molecule has 0 heterocycles. The van der Waals surface area contributed by atoms with Crippen molar-refractivity contribution in [2.24, 2.45) is 0 Å². The molecule has 0 aliphatic heterocycles. The van der Waals surface area contributed by atoms with Crippen LogP contribution in [0.4, 0.5) is 4.39 Å². The highest BCUT2D eigenvalue weighted by molar-refractivity contribution is 5.75. The summed E-state index contributed by atoms with van der Waals surface area (Å²) in [6.45, 7) is 3.39. The van der Waals surface area contributed by atoms with Gasteiger partial charge in [-0.15, -0.1) is 0 Å². The second-order valence-electron chi connectivity index (χ2n) is 4.60. The lowest BCUT2D eigenvalue weighted by atomic mass is 10.1. The molecule has 0 bridgehead atoms. The van der Waals surface area contributed by atoms with E-state index in [9.17, 15) is 9.18 Å². The highest BCUT2D eigenvalue weighted by atomic mass is 19.1. The zero-order valence-electron chi connectivity index (χ0n) is 11.3. The summed E-state index contributed by atoms with van der Waals surface area (Å²) in [5, 5.41) is 2.60. The molecule has 3 nitrogen and oxygen atoms in total. The smallest absolute Gasteiger partial charge is 0.219 e. The number of aryl methyl sites for hydroxylation is 1. The summed E-state index contributed by atoms with van der Waals surface area (Å²) in [4.78, 5) is 13.2. The highest BCUT2D eigenvalue weighted by Crippen LogP contribution is 2.11. The zero-order valence-corrected chi connectivity index (χ0v) is 11.3.